The number of carbonyl (C=O) groups is 2. The van der Waals surface area contributed by atoms with Crippen LogP contribution in [0, 0.1) is 5.92 Å². The first-order valence-corrected chi connectivity index (χ1v) is 6.93. The highest BCUT2D eigenvalue weighted by Gasteiger charge is 2.32. The van der Waals surface area contributed by atoms with Crippen molar-refractivity contribution < 1.29 is 9.59 Å². The van der Waals surface area contributed by atoms with Crippen molar-refractivity contribution in [3.63, 3.8) is 0 Å². The van der Waals surface area contributed by atoms with E-state index in [0.29, 0.717) is 12.5 Å². The molecule has 0 saturated heterocycles. The van der Waals surface area contributed by atoms with Crippen molar-refractivity contribution in [1.29, 1.82) is 0 Å². The van der Waals surface area contributed by atoms with E-state index in [1.165, 1.54) is 19.3 Å². The second kappa shape index (κ2) is 6.32. The highest BCUT2D eigenvalue weighted by Crippen LogP contribution is 2.31. The van der Waals surface area contributed by atoms with Crippen LogP contribution in [0.1, 0.15) is 53.4 Å². The summed E-state index contributed by atoms with van der Waals surface area (Å²) in [7, 11) is 0. The number of Topliss-reactive ketones (excluding diaryl/α,β-unsaturated/α-hetero) is 1. The van der Waals surface area contributed by atoms with Gasteiger partial charge in [0.1, 0.15) is 0 Å². The zero-order valence-corrected chi connectivity index (χ0v) is 12.0. The van der Waals surface area contributed by atoms with Crippen molar-refractivity contribution in [3.05, 3.63) is 0 Å². The highest BCUT2D eigenvalue weighted by atomic mass is 16.2. The van der Waals surface area contributed by atoms with Gasteiger partial charge in [0.05, 0.1) is 6.04 Å². The molecule has 4 nitrogen and oxygen atoms in total. The molecule has 0 aromatic rings. The van der Waals surface area contributed by atoms with Gasteiger partial charge >= 0.3 is 0 Å². The van der Waals surface area contributed by atoms with Gasteiger partial charge in [0, 0.05) is 12.1 Å². The molecular weight excluding hydrogens is 228 g/mol. The second-order valence-corrected chi connectivity index (χ2v) is 6.20. The molecule has 4 heteroatoms. The standard InChI is InChI=1S/C14H26N2O2/c1-5-15-13(18)12(17)11(16-14(2,3)4)9-10-7-6-8-10/h10-11,16H,5-9H2,1-4H3,(H,15,18). The fourth-order valence-corrected chi connectivity index (χ4v) is 2.22. The summed E-state index contributed by atoms with van der Waals surface area (Å²) in [6.07, 6.45) is 4.41. The molecule has 1 rings (SSSR count). The van der Waals surface area contributed by atoms with Gasteiger partial charge in [-0.3, -0.25) is 9.59 Å². The Balaban J connectivity index is 2.62. The molecule has 1 saturated carbocycles. The summed E-state index contributed by atoms with van der Waals surface area (Å²) >= 11 is 0. The molecule has 0 aromatic carbocycles. The second-order valence-electron chi connectivity index (χ2n) is 6.20. The number of carbonyl (C=O) groups excluding carboxylic acids is 2. The SMILES string of the molecule is CCNC(=O)C(=O)C(CC1CCC1)NC(C)(C)C. The van der Waals surface area contributed by atoms with Gasteiger partial charge in [0.15, 0.2) is 0 Å². The van der Waals surface area contributed by atoms with E-state index in [9.17, 15) is 9.59 Å². The summed E-state index contributed by atoms with van der Waals surface area (Å²) in [6, 6.07) is -0.346. The Morgan fingerprint density at radius 2 is 1.89 bits per heavy atom. The average Bonchev–Trinajstić information content (AvgIpc) is 2.19. The van der Waals surface area contributed by atoms with Gasteiger partial charge < -0.3 is 10.6 Å². The predicted molar refractivity (Wildman–Crippen MR) is 72.3 cm³/mol. The number of ketones is 1. The minimum absolute atomic E-state index is 0.156. The molecule has 0 radical (unpaired) electrons. The molecular formula is C14H26N2O2. The Morgan fingerprint density at radius 3 is 2.28 bits per heavy atom. The Labute approximate surface area is 110 Å². The monoisotopic (exact) mass is 254 g/mol. The lowest BCUT2D eigenvalue weighted by Gasteiger charge is -2.33. The number of hydrogen-bond acceptors (Lipinski definition) is 3. The molecule has 2 N–H and O–H groups in total. The molecule has 1 aliphatic carbocycles. The number of amides is 1. The van der Waals surface area contributed by atoms with E-state index < -0.39 is 5.91 Å². The lowest BCUT2D eigenvalue weighted by molar-refractivity contribution is -0.139. The third kappa shape index (κ3) is 4.77. The van der Waals surface area contributed by atoms with Crippen molar-refractivity contribution in [2.75, 3.05) is 6.54 Å². The van der Waals surface area contributed by atoms with Crippen LogP contribution in [-0.2, 0) is 9.59 Å². The van der Waals surface area contributed by atoms with Gasteiger partial charge in [-0.05, 0) is 40.0 Å². The van der Waals surface area contributed by atoms with E-state index in [1.54, 1.807) is 0 Å². The molecule has 1 amide bonds. The number of rotatable bonds is 6. The maximum absolute atomic E-state index is 12.1. The molecule has 1 fully saturated rings. The Kier molecular flexibility index (Phi) is 5.32. The van der Waals surface area contributed by atoms with Crippen molar-refractivity contribution in [1.82, 2.24) is 10.6 Å². The van der Waals surface area contributed by atoms with Crippen molar-refractivity contribution in [3.8, 4) is 0 Å². The fraction of sp³-hybridized carbons (Fsp3) is 0.857. The molecule has 0 spiro atoms. The molecule has 0 aromatic heterocycles. The van der Waals surface area contributed by atoms with Crippen molar-refractivity contribution in [2.24, 2.45) is 5.92 Å². The van der Waals surface area contributed by atoms with E-state index in [0.717, 1.165) is 6.42 Å². The largest absolute Gasteiger partial charge is 0.350 e. The predicted octanol–water partition coefficient (Wildman–Crippen LogP) is 1.64. The van der Waals surface area contributed by atoms with Gasteiger partial charge in [-0.2, -0.15) is 0 Å². The van der Waals surface area contributed by atoms with Crippen LogP contribution in [0.25, 0.3) is 0 Å². The van der Waals surface area contributed by atoms with Gasteiger partial charge in [0.25, 0.3) is 5.91 Å². The average molecular weight is 254 g/mol. The molecule has 0 aliphatic heterocycles. The fourth-order valence-electron chi connectivity index (χ4n) is 2.22. The zero-order valence-electron chi connectivity index (χ0n) is 12.0. The van der Waals surface area contributed by atoms with Crippen LogP contribution >= 0.6 is 0 Å². The summed E-state index contributed by atoms with van der Waals surface area (Å²) in [5, 5.41) is 5.88. The van der Waals surface area contributed by atoms with Gasteiger partial charge in [-0.25, -0.2) is 0 Å². The molecule has 104 valence electrons. The van der Waals surface area contributed by atoms with Crippen molar-refractivity contribution in [2.45, 2.75) is 65.0 Å². The molecule has 18 heavy (non-hydrogen) atoms. The lowest BCUT2D eigenvalue weighted by Crippen LogP contribution is -2.52. The Morgan fingerprint density at radius 1 is 1.28 bits per heavy atom. The van der Waals surface area contributed by atoms with E-state index >= 15 is 0 Å². The first-order valence-electron chi connectivity index (χ1n) is 6.93. The minimum atomic E-state index is -0.460. The van der Waals surface area contributed by atoms with Crippen LogP contribution in [-0.4, -0.2) is 29.8 Å². The molecule has 1 unspecified atom stereocenters. The lowest BCUT2D eigenvalue weighted by atomic mass is 9.79. The first kappa shape index (κ1) is 15.2. The maximum atomic E-state index is 12.1. The zero-order chi connectivity index (χ0) is 13.8. The first-order chi connectivity index (χ1) is 8.33. The normalized spacial score (nSPS) is 18.0. The quantitative estimate of drug-likeness (QED) is 0.708. The summed E-state index contributed by atoms with van der Waals surface area (Å²) in [5.41, 5.74) is -0.156. The van der Waals surface area contributed by atoms with E-state index in [4.69, 9.17) is 0 Å². The van der Waals surface area contributed by atoms with Gasteiger partial charge in [-0.15, -0.1) is 0 Å². The van der Waals surface area contributed by atoms with Crippen molar-refractivity contribution >= 4 is 11.7 Å². The van der Waals surface area contributed by atoms with Gasteiger partial charge in [0.2, 0.25) is 5.78 Å². The van der Waals surface area contributed by atoms with Crippen LogP contribution in [0.4, 0.5) is 0 Å². The summed E-state index contributed by atoms with van der Waals surface area (Å²) in [5.74, 6) is -0.180. The van der Waals surface area contributed by atoms with Crippen LogP contribution < -0.4 is 10.6 Å². The molecule has 1 aliphatic rings. The smallest absolute Gasteiger partial charge is 0.289 e. The van der Waals surface area contributed by atoms with E-state index in [1.807, 2.05) is 27.7 Å². The third-order valence-corrected chi connectivity index (χ3v) is 3.28. The summed E-state index contributed by atoms with van der Waals surface area (Å²) < 4.78 is 0. The van der Waals surface area contributed by atoms with Crippen LogP contribution in [0.3, 0.4) is 0 Å². The van der Waals surface area contributed by atoms with Crippen LogP contribution in [0.15, 0.2) is 0 Å². The van der Waals surface area contributed by atoms with Crippen LogP contribution in [0.2, 0.25) is 0 Å². The Bertz CT molecular complexity index is 303. The summed E-state index contributed by atoms with van der Waals surface area (Å²) in [6.45, 7) is 8.38. The molecule has 0 heterocycles. The maximum Gasteiger partial charge on any atom is 0.289 e. The number of hydrogen-bond donors (Lipinski definition) is 2. The van der Waals surface area contributed by atoms with Gasteiger partial charge in [-0.1, -0.05) is 19.3 Å². The minimum Gasteiger partial charge on any atom is -0.350 e. The number of likely N-dealkylation sites (N-methyl/N-ethyl adjacent to an activating group) is 1. The summed E-state index contributed by atoms with van der Waals surface area (Å²) in [4.78, 5) is 23.8. The highest BCUT2D eigenvalue weighted by molar-refractivity contribution is 6.38. The topological polar surface area (TPSA) is 58.2 Å². The van der Waals surface area contributed by atoms with E-state index in [2.05, 4.69) is 10.6 Å². The molecule has 1 atom stereocenters. The van der Waals surface area contributed by atoms with Crippen LogP contribution in [0.5, 0.6) is 0 Å². The molecule has 0 bridgehead atoms. The van der Waals surface area contributed by atoms with E-state index in [-0.39, 0.29) is 17.4 Å². The number of nitrogens with one attached hydrogen (secondary N) is 2. The Hall–Kier alpha value is -0.900. The third-order valence-electron chi connectivity index (χ3n) is 3.28.